The molecule has 1 aromatic heterocycles. The van der Waals surface area contributed by atoms with E-state index in [0.29, 0.717) is 18.4 Å². The maximum atomic E-state index is 7.24. The van der Waals surface area contributed by atoms with E-state index in [1.807, 2.05) is 10.8 Å². The van der Waals surface area contributed by atoms with E-state index in [1.165, 1.54) is 17.6 Å². The van der Waals surface area contributed by atoms with Gasteiger partial charge in [0.1, 0.15) is 6.61 Å². The van der Waals surface area contributed by atoms with E-state index in [0.717, 1.165) is 5.75 Å². The van der Waals surface area contributed by atoms with Crippen LogP contribution in [0.4, 0.5) is 0 Å². The van der Waals surface area contributed by atoms with E-state index < -0.39 is 0 Å². The minimum absolute atomic E-state index is 0.295. The zero-order valence-electron chi connectivity index (χ0n) is 6.16. The number of thiophene rings is 1. The van der Waals surface area contributed by atoms with Crippen molar-refractivity contribution in [2.75, 3.05) is 6.61 Å². The van der Waals surface area contributed by atoms with Crippen molar-refractivity contribution in [2.45, 2.75) is 0 Å². The molecule has 0 spiro atoms. The van der Waals surface area contributed by atoms with Crippen LogP contribution in [0.2, 0.25) is 0 Å². The van der Waals surface area contributed by atoms with Crippen molar-refractivity contribution < 1.29 is 10.8 Å². The van der Waals surface area contributed by atoms with E-state index in [1.54, 1.807) is 0 Å². The van der Waals surface area contributed by atoms with Gasteiger partial charge in [-0.15, -0.1) is 11.3 Å². The highest BCUT2D eigenvalue weighted by atomic mass is 32.1. The Morgan fingerprint density at radius 2 is 2.40 bits per heavy atom. The standard InChI is InChI=1S/C7H6O2S/c1-2-8-6-4-10-5-7(6)9-3-1/h1-2,4-5H,3H2/i1D. The molecule has 3 heteroatoms. The van der Waals surface area contributed by atoms with E-state index in [-0.39, 0.29) is 0 Å². The molecule has 0 fully saturated rings. The molecule has 1 aromatic rings. The topological polar surface area (TPSA) is 18.5 Å². The van der Waals surface area contributed by atoms with Crippen molar-refractivity contribution in [1.29, 1.82) is 0 Å². The third-order valence-electron chi connectivity index (χ3n) is 1.17. The largest absolute Gasteiger partial charge is 0.485 e. The van der Waals surface area contributed by atoms with Gasteiger partial charge < -0.3 is 9.47 Å². The monoisotopic (exact) mass is 155 g/mol. The molecule has 0 unspecified atom stereocenters. The fourth-order valence-electron chi connectivity index (χ4n) is 0.723. The average molecular weight is 155 g/mol. The number of rotatable bonds is 0. The average Bonchev–Trinajstić information content (AvgIpc) is 2.38. The highest BCUT2D eigenvalue weighted by Crippen LogP contribution is 2.32. The summed E-state index contributed by atoms with van der Waals surface area (Å²) in [6.07, 6.45) is 1.40. The third-order valence-corrected chi connectivity index (χ3v) is 1.87. The third kappa shape index (κ3) is 0.885. The van der Waals surface area contributed by atoms with Crippen molar-refractivity contribution >= 4 is 11.3 Å². The minimum Gasteiger partial charge on any atom is -0.485 e. The number of fused-ring (bicyclic) bond motifs is 1. The van der Waals surface area contributed by atoms with Crippen LogP contribution in [-0.2, 0) is 0 Å². The number of hydrogen-bond donors (Lipinski definition) is 0. The van der Waals surface area contributed by atoms with Gasteiger partial charge in [0.25, 0.3) is 0 Å². The molecule has 10 heavy (non-hydrogen) atoms. The Morgan fingerprint density at radius 3 is 3.40 bits per heavy atom. The summed E-state index contributed by atoms with van der Waals surface area (Å²) in [6.45, 7) is 0.295. The SMILES string of the molecule is [2H]C1=COc2cscc2OC1. The maximum absolute atomic E-state index is 7.24. The second kappa shape index (κ2) is 2.34. The molecule has 0 saturated carbocycles. The van der Waals surface area contributed by atoms with Crippen LogP contribution in [-0.4, -0.2) is 6.61 Å². The van der Waals surface area contributed by atoms with Crippen LogP contribution in [0.5, 0.6) is 11.5 Å². The van der Waals surface area contributed by atoms with Gasteiger partial charge in [0.15, 0.2) is 11.5 Å². The Morgan fingerprint density at radius 1 is 1.50 bits per heavy atom. The van der Waals surface area contributed by atoms with Gasteiger partial charge in [-0.3, -0.25) is 0 Å². The van der Waals surface area contributed by atoms with Crippen molar-refractivity contribution in [3.05, 3.63) is 23.1 Å². The molecule has 2 rings (SSSR count). The zero-order chi connectivity index (χ0) is 7.68. The normalized spacial score (nSPS) is 17.2. The van der Waals surface area contributed by atoms with Gasteiger partial charge in [0.2, 0.25) is 0 Å². The van der Waals surface area contributed by atoms with E-state index in [2.05, 4.69) is 0 Å². The molecular weight excluding hydrogens is 148 g/mol. The van der Waals surface area contributed by atoms with Crippen LogP contribution in [0.25, 0.3) is 0 Å². The zero-order valence-corrected chi connectivity index (χ0v) is 5.98. The molecule has 0 radical (unpaired) electrons. The van der Waals surface area contributed by atoms with Crippen molar-refractivity contribution in [2.24, 2.45) is 0 Å². The van der Waals surface area contributed by atoms with E-state index in [4.69, 9.17) is 10.8 Å². The molecule has 0 saturated heterocycles. The second-order valence-corrected chi connectivity index (χ2v) is 2.57. The lowest BCUT2D eigenvalue weighted by molar-refractivity contribution is 0.359. The molecular formula is C7H6O2S. The molecule has 1 aliphatic rings. The van der Waals surface area contributed by atoms with E-state index >= 15 is 0 Å². The summed E-state index contributed by atoms with van der Waals surface area (Å²) in [5.41, 5.74) is 0. The first-order valence-corrected chi connectivity index (χ1v) is 3.82. The van der Waals surface area contributed by atoms with Gasteiger partial charge in [-0.2, -0.15) is 0 Å². The van der Waals surface area contributed by atoms with Crippen molar-refractivity contribution in [1.82, 2.24) is 0 Å². The van der Waals surface area contributed by atoms with Crippen LogP contribution in [0.3, 0.4) is 0 Å². The molecule has 0 aromatic carbocycles. The first-order chi connectivity index (χ1) is 5.36. The molecule has 0 aliphatic carbocycles. The smallest absolute Gasteiger partial charge is 0.179 e. The lowest BCUT2D eigenvalue weighted by Gasteiger charge is -1.97. The van der Waals surface area contributed by atoms with E-state index in [9.17, 15) is 0 Å². The Kier molecular flexibility index (Phi) is 1.12. The van der Waals surface area contributed by atoms with Crippen LogP contribution in [0.1, 0.15) is 1.37 Å². The molecule has 0 atom stereocenters. The maximum Gasteiger partial charge on any atom is 0.179 e. The van der Waals surface area contributed by atoms with Crippen LogP contribution in [0, 0.1) is 0 Å². The van der Waals surface area contributed by atoms with Gasteiger partial charge in [0.05, 0.1) is 7.63 Å². The summed E-state index contributed by atoms with van der Waals surface area (Å²) >= 11 is 1.53. The first-order valence-electron chi connectivity index (χ1n) is 3.37. The fourth-order valence-corrected chi connectivity index (χ4v) is 1.39. The number of ether oxygens (including phenoxy) is 2. The second-order valence-electron chi connectivity index (χ2n) is 1.83. The summed E-state index contributed by atoms with van der Waals surface area (Å²) in [6, 6.07) is 0.353. The molecule has 1 aliphatic heterocycles. The Hall–Kier alpha value is -0.960. The highest BCUT2D eigenvalue weighted by molar-refractivity contribution is 7.08. The Labute approximate surface area is 64.1 Å². The Balaban J connectivity index is 2.32. The lowest BCUT2D eigenvalue weighted by Crippen LogP contribution is -1.88. The molecule has 52 valence electrons. The summed E-state index contributed by atoms with van der Waals surface area (Å²) in [4.78, 5) is 0. The fraction of sp³-hybridized carbons (Fsp3) is 0.143. The van der Waals surface area contributed by atoms with Crippen LogP contribution >= 0.6 is 11.3 Å². The molecule has 2 nitrogen and oxygen atoms in total. The van der Waals surface area contributed by atoms with Gasteiger partial charge in [-0.1, -0.05) is 0 Å². The van der Waals surface area contributed by atoms with Gasteiger partial charge in [-0.05, 0) is 6.05 Å². The minimum atomic E-state index is 0.295. The highest BCUT2D eigenvalue weighted by Gasteiger charge is 2.06. The summed E-state index contributed by atoms with van der Waals surface area (Å²) < 4.78 is 17.6. The molecule has 2 heterocycles. The first kappa shape index (κ1) is 4.79. The van der Waals surface area contributed by atoms with Crippen molar-refractivity contribution in [3.63, 3.8) is 0 Å². The molecule has 0 amide bonds. The molecule has 0 bridgehead atoms. The summed E-state index contributed by atoms with van der Waals surface area (Å²) in [5, 5.41) is 3.71. The predicted octanol–water partition coefficient (Wildman–Crippen LogP) is 2.03. The summed E-state index contributed by atoms with van der Waals surface area (Å²) in [5.74, 6) is 1.44. The van der Waals surface area contributed by atoms with Crippen LogP contribution < -0.4 is 9.47 Å². The van der Waals surface area contributed by atoms with Gasteiger partial charge >= 0.3 is 0 Å². The van der Waals surface area contributed by atoms with Gasteiger partial charge in [-0.25, -0.2) is 0 Å². The Bertz CT molecular complexity index is 292. The molecule has 0 N–H and O–H groups in total. The van der Waals surface area contributed by atoms with Crippen molar-refractivity contribution in [3.8, 4) is 11.5 Å². The van der Waals surface area contributed by atoms with Crippen LogP contribution in [0.15, 0.2) is 23.1 Å². The predicted molar refractivity (Wildman–Crippen MR) is 39.6 cm³/mol. The number of hydrogen-bond acceptors (Lipinski definition) is 3. The quantitative estimate of drug-likeness (QED) is 0.570. The lowest BCUT2D eigenvalue weighted by atomic mass is 10.5. The van der Waals surface area contributed by atoms with Gasteiger partial charge in [0, 0.05) is 10.8 Å². The summed E-state index contributed by atoms with van der Waals surface area (Å²) in [7, 11) is 0.